The zero-order valence-electron chi connectivity index (χ0n) is 16.5. The molecule has 7 heteroatoms. The van der Waals surface area contributed by atoms with Crippen LogP contribution < -0.4 is 9.80 Å². The molecule has 2 aliphatic rings. The summed E-state index contributed by atoms with van der Waals surface area (Å²) in [4.78, 5) is 30.1. The van der Waals surface area contributed by atoms with Crippen LogP contribution in [0.2, 0.25) is 0 Å². The van der Waals surface area contributed by atoms with E-state index in [1.807, 2.05) is 4.90 Å². The summed E-state index contributed by atoms with van der Waals surface area (Å²) in [6, 6.07) is 6.46. The number of hydrogen-bond acceptors (Lipinski definition) is 5. The second kappa shape index (κ2) is 8.97. The molecule has 1 N–H and O–H groups in total. The number of nitrogens with one attached hydrogen (secondary N) is 1. The number of nitrogens with zero attached hydrogens (tertiary/aromatic N) is 2. The van der Waals surface area contributed by atoms with Crippen LogP contribution in [0.5, 0.6) is 0 Å². The minimum Gasteiger partial charge on any atom is -0.468 e. The number of thioether (sulfide) groups is 1. The van der Waals surface area contributed by atoms with E-state index in [1.54, 1.807) is 11.8 Å². The van der Waals surface area contributed by atoms with Crippen molar-refractivity contribution in [2.24, 2.45) is 0 Å². The van der Waals surface area contributed by atoms with Gasteiger partial charge in [-0.3, -0.25) is 9.59 Å². The molecular weight excluding hydrogens is 362 g/mol. The summed E-state index contributed by atoms with van der Waals surface area (Å²) in [6.45, 7) is 9.89. The number of piperazine rings is 1. The quantitative estimate of drug-likeness (QED) is 0.738. The Bertz CT molecular complexity index is 689. The molecule has 2 saturated heterocycles. The van der Waals surface area contributed by atoms with Gasteiger partial charge >= 0.3 is 5.97 Å². The van der Waals surface area contributed by atoms with Crippen molar-refractivity contribution in [2.75, 3.05) is 63.6 Å². The summed E-state index contributed by atoms with van der Waals surface area (Å²) in [5, 5.41) is -0.246. The Morgan fingerprint density at radius 1 is 1.22 bits per heavy atom. The number of benzene rings is 1. The van der Waals surface area contributed by atoms with Crippen molar-refractivity contribution in [1.29, 1.82) is 0 Å². The van der Waals surface area contributed by atoms with Crippen molar-refractivity contribution in [3.8, 4) is 0 Å². The Hall–Kier alpha value is -1.73. The van der Waals surface area contributed by atoms with Crippen LogP contribution >= 0.6 is 11.8 Å². The molecular formula is C20H30N3O3S+. The minimum atomic E-state index is -0.246. The van der Waals surface area contributed by atoms with Crippen molar-refractivity contribution < 1.29 is 19.2 Å². The molecule has 0 spiro atoms. The molecule has 27 heavy (non-hydrogen) atoms. The monoisotopic (exact) mass is 392 g/mol. The normalized spacial score (nSPS) is 21.2. The molecule has 6 nitrogen and oxygen atoms in total. The molecule has 2 fully saturated rings. The summed E-state index contributed by atoms with van der Waals surface area (Å²) in [5.74, 6) is 0.715. The number of carbonyl (C=O) groups excluding carboxylic acids is 2. The summed E-state index contributed by atoms with van der Waals surface area (Å²) < 4.78 is 4.83. The number of carbonyl (C=O) groups is 2. The Morgan fingerprint density at radius 2 is 1.96 bits per heavy atom. The molecule has 0 saturated carbocycles. The van der Waals surface area contributed by atoms with Crippen molar-refractivity contribution >= 4 is 29.3 Å². The highest BCUT2D eigenvalue weighted by molar-refractivity contribution is 8.00. The van der Waals surface area contributed by atoms with E-state index in [0.717, 1.165) is 38.5 Å². The highest BCUT2D eigenvalue weighted by Crippen LogP contribution is 2.22. The molecule has 1 atom stereocenters. The van der Waals surface area contributed by atoms with Gasteiger partial charge in [0.15, 0.2) is 6.54 Å². The number of methoxy groups -OCH3 is 1. The highest BCUT2D eigenvalue weighted by Gasteiger charge is 2.32. The summed E-state index contributed by atoms with van der Waals surface area (Å²) in [5.41, 5.74) is 3.98. The van der Waals surface area contributed by atoms with Crippen LogP contribution in [-0.4, -0.2) is 80.7 Å². The Labute approximate surface area is 165 Å². The van der Waals surface area contributed by atoms with E-state index in [2.05, 4.69) is 36.9 Å². The molecule has 0 aliphatic carbocycles. The van der Waals surface area contributed by atoms with Gasteiger partial charge in [0.05, 0.1) is 33.3 Å². The number of amides is 1. The average molecular weight is 393 g/mol. The molecule has 0 unspecified atom stereocenters. The lowest BCUT2D eigenvalue weighted by molar-refractivity contribution is -0.892. The van der Waals surface area contributed by atoms with Gasteiger partial charge in [0.25, 0.3) is 5.91 Å². The van der Waals surface area contributed by atoms with Crippen LogP contribution in [-0.2, 0) is 14.3 Å². The van der Waals surface area contributed by atoms with Crippen LogP contribution in [0.15, 0.2) is 18.2 Å². The standard InChI is InChI=1S/C20H29N3O3S/c1-15-5-4-6-17(16(15)2)22-9-7-21(8-10-22)14-19(24)23-11-12-27-18(13-23)20(25)26-3/h4-6,18H,7-14H2,1-3H3/p+1/t18-/m1/s1. The van der Waals surface area contributed by atoms with Crippen LogP contribution in [0.1, 0.15) is 11.1 Å². The summed E-state index contributed by atoms with van der Waals surface area (Å²) in [6.07, 6.45) is 0. The fourth-order valence-electron chi connectivity index (χ4n) is 3.79. The van der Waals surface area contributed by atoms with Gasteiger partial charge in [0.2, 0.25) is 0 Å². The zero-order valence-corrected chi connectivity index (χ0v) is 17.3. The smallest absolute Gasteiger partial charge is 0.320 e. The third-order valence-electron chi connectivity index (χ3n) is 5.67. The largest absolute Gasteiger partial charge is 0.468 e. The van der Waals surface area contributed by atoms with Gasteiger partial charge in [-0.25, -0.2) is 0 Å². The van der Waals surface area contributed by atoms with E-state index in [-0.39, 0.29) is 17.1 Å². The van der Waals surface area contributed by atoms with Gasteiger partial charge in [0, 0.05) is 24.5 Å². The number of rotatable bonds is 4. The topological polar surface area (TPSA) is 54.3 Å². The lowest BCUT2D eigenvalue weighted by Crippen LogP contribution is -3.16. The van der Waals surface area contributed by atoms with Gasteiger partial charge in [-0.15, -0.1) is 11.8 Å². The summed E-state index contributed by atoms with van der Waals surface area (Å²) in [7, 11) is 1.41. The average Bonchev–Trinajstić information content (AvgIpc) is 2.70. The molecule has 1 amide bonds. The second-order valence-electron chi connectivity index (χ2n) is 7.36. The Morgan fingerprint density at radius 3 is 2.67 bits per heavy atom. The van der Waals surface area contributed by atoms with E-state index < -0.39 is 0 Å². The fourth-order valence-corrected chi connectivity index (χ4v) is 4.92. The van der Waals surface area contributed by atoms with Crippen LogP contribution in [0.4, 0.5) is 5.69 Å². The van der Waals surface area contributed by atoms with E-state index in [4.69, 9.17) is 4.74 Å². The number of anilines is 1. The van der Waals surface area contributed by atoms with E-state index in [0.29, 0.717) is 13.1 Å². The second-order valence-corrected chi connectivity index (χ2v) is 8.67. The van der Waals surface area contributed by atoms with Crippen LogP contribution in [0.3, 0.4) is 0 Å². The lowest BCUT2D eigenvalue weighted by atomic mass is 10.1. The third-order valence-corrected chi connectivity index (χ3v) is 6.83. The van der Waals surface area contributed by atoms with Crippen molar-refractivity contribution in [3.63, 3.8) is 0 Å². The molecule has 2 heterocycles. The van der Waals surface area contributed by atoms with E-state index >= 15 is 0 Å². The molecule has 2 aliphatic heterocycles. The van der Waals surface area contributed by atoms with Crippen molar-refractivity contribution in [3.05, 3.63) is 29.3 Å². The van der Waals surface area contributed by atoms with Gasteiger partial charge in [-0.2, -0.15) is 0 Å². The number of esters is 1. The first kappa shape index (κ1) is 20.0. The number of quaternary nitrogens is 1. The zero-order chi connectivity index (χ0) is 19.4. The maximum Gasteiger partial charge on any atom is 0.320 e. The molecule has 148 valence electrons. The van der Waals surface area contributed by atoms with E-state index in [9.17, 15) is 9.59 Å². The number of ether oxygens (including phenoxy) is 1. The van der Waals surface area contributed by atoms with Crippen molar-refractivity contribution in [2.45, 2.75) is 19.1 Å². The predicted molar refractivity (Wildman–Crippen MR) is 109 cm³/mol. The Kier molecular flexibility index (Phi) is 6.65. The first-order valence-corrected chi connectivity index (χ1v) is 10.7. The first-order valence-electron chi connectivity index (χ1n) is 9.61. The maximum atomic E-state index is 12.7. The molecule has 1 aromatic carbocycles. The Balaban J connectivity index is 1.51. The molecule has 0 radical (unpaired) electrons. The van der Waals surface area contributed by atoms with Crippen LogP contribution in [0, 0.1) is 13.8 Å². The van der Waals surface area contributed by atoms with Crippen molar-refractivity contribution in [1.82, 2.24) is 4.90 Å². The highest BCUT2D eigenvalue weighted by atomic mass is 32.2. The van der Waals surface area contributed by atoms with Gasteiger partial charge < -0.3 is 19.4 Å². The summed E-state index contributed by atoms with van der Waals surface area (Å²) >= 11 is 1.58. The minimum absolute atomic E-state index is 0.152. The SMILES string of the molecule is COC(=O)[C@H]1CN(C(=O)C[NH+]2CCN(c3cccc(C)c3C)CC2)CCS1. The predicted octanol–water partition coefficient (Wildman–Crippen LogP) is 0.125. The maximum absolute atomic E-state index is 12.7. The molecule has 1 aromatic rings. The van der Waals surface area contributed by atoms with Gasteiger partial charge in [-0.1, -0.05) is 12.1 Å². The first-order chi connectivity index (χ1) is 13.0. The van der Waals surface area contributed by atoms with Crippen LogP contribution in [0.25, 0.3) is 0 Å². The van der Waals surface area contributed by atoms with E-state index in [1.165, 1.54) is 28.8 Å². The van der Waals surface area contributed by atoms with Gasteiger partial charge in [-0.05, 0) is 31.0 Å². The molecule has 3 rings (SSSR count). The molecule has 0 aromatic heterocycles. The third kappa shape index (κ3) is 4.76. The fraction of sp³-hybridized carbons (Fsp3) is 0.600. The molecule has 0 bridgehead atoms. The number of aryl methyl sites for hydroxylation is 1. The lowest BCUT2D eigenvalue weighted by Gasteiger charge is -2.36. The number of hydrogen-bond donors (Lipinski definition) is 1. The van der Waals surface area contributed by atoms with Gasteiger partial charge in [0.1, 0.15) is 5.25 Å².